The van der Waals surface area contributed by atoms with Gasteiger partial charge in [-0.15, -0.1) is 0 Å². The molecule has 18 heavy (non-hydrogen) atoms. The predicted molar refractivity (Wildman–Crippen MR) is 71.2 cm³/mol. The van der Waals surface area contributed by atoms with Crippen molar-refractivity contribution in [2.45, 2.75) is 13.3 Å². The van der Waals surface area contributed by atoms with Crippen LogP contribution in [-0.4, -0.2) is 4.57 Å². The third-order valence-corrected chi connectivity index (χ3v) is 3.05. The maximum absolute atomic E-state index is 11.9. The highest BCUT2D eigenvalue weighted by atomic mass is 16.1. The molecule has 1 heterocycles. The van der Waals surface area contributed by atoms with E-state index in [0.717, 1.165) is 12.0 Å². The first kappa shape index (κ1) is 12.1. The third-order valence-electron chi connectivity index (χ3n) is 3.05. The summed E-state index contributed by atoms with van der Waals surface area (Å²) in [5.41, 5.74) is 2.78. The van der Waals surface area contributed by atoms with Crippen molar-refractivity contribution in [2.75, 3.05) is 0 Å². The maximum atomic E-state index is 11.9. The lowest BCUT2D eigenvalue weighted by Gasteiger charge is -2.06. The van der Waals surface area contributed by atoms with Gasteiger partial charge in [0.15, 0.2) is 0 Å². The van der Waals surface area contributed by atoms with E-state index in [-0.39, 0.29) is 11.1 Å². The van der Waals surface area contributed by atoms with E-state index in [1.807, 2.05) is 30.3 Å². The lowest BCUT2D eigenvalue weighted by Crippen LogP contribution is -2.19. The average Bonchev–Trinajstić information content (AvgIpc) is 2.42. The molecule has 0 saturated heterocycles. The Kier molecular flexibility index (Phi) is 3.29. The van der Waals surface area contributed by atoms with E-state index in [4.69, 9.17) is 5.26 Å². The highest BCUT2D eigenvalue weighted by Gasteiger charge is 2.09. The van der Waals surface area contributed by atoms with Crippen LogP contribution in [0.2, 0.25) is 0 Å². The SMILES string of the molecule is CCc1ccc(-c2ccn(C)c(=O)c2C#N)cc1. The summed E-state index contributed by atoms with van der Waals surface area (Å²) in [5, 5.41) is 9.12. The Morgan fingerprint density at radius 3 is 2.44 bits per heavy atom. The molecule has 0 radical (unpaired) electrons. The fourth-order valence-corrected chi connectivity index (χ4v) is 1.90. The second-order valence-electron chi connectivity index (χ2n) is 4.18. The minimum Gasteiger partial charge on any atom is -0.317 e. The van der Waals surface area contributed by atoms with Gasteiger partial charge in [-0.1, -0.05) is 31.2 Å². The molecule has 3 nitrogen and oxygen atoms in total. The summed E-state index contributed by atoms with van der Waals surface area (Å²) < 4.78 is 1.42. The quantitative estimate of drug-likeness (QED) is 0.806. The third kappa shape index (κ3) is 2.05. The summed E-state index contributed by atoms with van der Waals surface area (Å²) in [4.78, 5) is 11.9. The first-order chi connectivity index (χ1) is 8.67. The van der Waals surface area contributed by atoms with Gasteiger partial charge in [-0.2, -0.15) is 5.26 Å². The van der Waals surface area contributed by atoms with Gasteiger partial charge in [0.2, 0.25) is 0 Å². The fraction of sp³-hybridized carbons (Fsp3) is 0.200. The number of aryl methyl sites for hydroxylation is 2. The number of nitrogens with zero attached hydrogens (tertiary/aromatic N) is 2. The van der Waals surface area contributed by atoms with E-state index in [9.17, 15) is 4.79 Å². The Morgan fingerprint density at radius 1 is 1.22 bits per heavy atom. The van der Waals surface area contributed by atoms with Crippen LogP contribution in [0.15, 0.2) is 41.3 Å². The Balaban J connectivity index is 2.61. The van der Waals surface area contributed by atoms with Gasteiger partial charge in [0, 0.05) is 18.8 Å². The van der Waals surface area contributed by atoms with Gasteiger partial charge < -0.3 is 4.57 Å². The topological polar surface area (TPSA) is 45.8 Å². The molecule has 2 rings (SSSR count). The Bertz CT molecular complexity index is 660. The summed E-state index contributed by atoms with van der Waals surface area (Å²) >= 11 is 0. The number of aromatic nitrogens is 1. The van der Waals surface area contributed by atoms with Gasteiger partial charge in [-0.05, 0) is 23.6 Å². The second-order valence-corrected chi connectivity index (χ2v) is 4.18. The van der Waals surface area contributed by atoms with Crippen molar-refractivity contribution in [1.82, 2.24) is 4.57 Å². The van der Waals surface area contributed by atoms with Crippen LogP contribution in [0.5, 0.6) is 0 Å². The average molecular weight is 238 g/mol. The molecule has 3 heteroatoms. The minimum atomic E-state index is -0.255. The number of rotatable bonds is 2. The lowest BCUT2D eigenvalue weighted by molar-refractivity contribution is 0.856. The Labute approximate surface area is 106 Å². The number of nitriles is 1. The summed E-state index contributed by atoms with van der Waals surface area (Å²) in [6, 6.07) is 11.8. The smallest absolute Gasteiger partial charge is 0.268 e. The second kappa shape index (κ2) is 4.89. The molecule has 90 valence electrons. The van der Waals surface area contributed by atoms with Crippen LogP contribution in [0.25, 0.3) is 11.1 Å². The molecule has 2 aromatic rings. The molecule has 0 spiro atoms. The van der Waals surface area contributed by atoms with Crippen LogP contribution < -0.4 is 5.56 Å². The highest BCUT2D eigenvalue weighted by Crippen LogP contribution is 2.21. The minimum absolute atomic E-state index is 0.198. The van der Waals surface area contributed by atoms with Crippen molar-refractivity contribution in [3.05, 3.63) is 58.0 Å². The maximum Gasteiger partial charge on any atom is 0.268 e. The molecule has 0 aliphatic carbocycles. The number of pyridine rings is 1. The van der Waals surface area contributed by atoms with E-state index >= 15 is 0 Å². The van der Waals surface area contributed by atoms with Crippen LogP contribution in [0.3, 0.4) is 0 Å². The van der Waals surface area contributed by atoms with Crippen LogP contribution in [-0.2, 0) is 13.5 Å². The van der Waals surface area contributed by atoms with Gasteiger partial charge >= 0.3 is 0 Å². The molecule has 0 aliphatic rings. The Morgan fingerprint density at radius 2 is 1.89 bits per heavy atom. The fourth-order valence-electron chi connectivity index (χ4n) is 1.90. The van der Waals surface area contributed by atoms with Gasteiger partial charge in [-0.25, -0.2) is 0 Å². The predicted octanol–water partition coefficient (Wildman–Crippen LogP) is 2.49. The molecule has 0 amide bonds. The van der Waals surface area contributed by atoms with E-state index < -0.39 is 0 Å². The molecule has 0 N–H and O–H groups in total. The number of hydrogen-bond donors (Lipinski definition) is 0. The molecule has 0 saturated carbocycles. The summed E-state index contributed by atoms with van der Waals surface area (Å²) in [5.74, 6) is 0. The summed E-state index contributed by atoms with van der Waals surface area (Å²) in [6.45, 7) is 2.09. The van der Waals surface area contributed by atoms with Crippen molar-refractivity contribution in [3.8, 4) is 17.2 Å². The largest absolute Gasteiger partial charge is 0.317 e. The highest BCUT2D eigenvalue weighted by molar-refractivity contribution is 5.69. The summed E-state index contributed by atoms with van der Waals surface area (Å²) in [6.07, 6.45) is 2.66. The van der Waals surface area contributed by atoms with Gasteiger partial charge in [-0.3, -0.25) is 4.79 Å². The van der Waals surface area contributed by atoms with Crippen molar-refractivity contribution in [3.63, 3.8) is 0 Å². The van der Waals surface area contributed by atoms with E-state index in [1.165, 1.54) is 10.1 Å². The van der Waals surface area contributed by atoms with Crippen LogP contribution in [0.1, 0.15) is 18.1 Å². The van der Waals surface area contributed by atoms with Gasteiger partial charge in [0.1, 0.15) is 11.6 Å². The van der Waals surface area contributed by atoms with Gasteiger partial charge in [0.05, 0.1) is 0 Å². The van der Waals surface area contributed by atoms with Crippen LogP contribution >= 0.6 is 0 Å². The van der Waals surface area contributed by atoms with Crippen molar-refractivity contribution in [1.29, 1.82) is 5.26 Å². The number of hydrogen-bond acceptors (Lipinski definition) is 2. The molecule has 0 atom stereocenters. The zero-order valence-corrected chi connectivity index (χ0v) is 10.5. The van der Waals surface area contributed by atoms with E-state index in [0.29, 0.717) is 5.56 Å². The monoisotopic (exact) mass is 238 g/mol. The molecule has 0 unspecified atom stereocenters. The molecular weight excluding hydrogens is 224 g/mol. The lowest BCUT2D eigenvalue weighted by atomic mass is 10.0. The zero-order chi connectivity index (χ0) is 13.1. The molecule has 1 aromatic heterocycles. The van der Waals surface area contributed by atoms with Gasteiger partial charge in [0.25, 0.3) is 5.56 Å². The standard InChI is InChI=1S/C15H14N2O/c1-3-11-4-6-12(7-5-11)13-8-9-17(2)15(18)14(13)10-16/h4-9H,3H2,1-2H3. The normalized spacial score (nSPS) is 10.1. The zero-order valence-electron chi connectivity index (χ0n) is 10.5. The van der Waals surface area contributed by atoms with Crippen LogP contribution in [0.4, 0.5) is 0 Å². The number of benzene rings is 1. The molecule has 0 fully saturated rings. The van der Waals surface area contributed by atoms with E-state index in [1.54, 1.807) is 19.3 Å². The van der Waals surface area contributed by atoms with Crippen molar-refractivity contribution >= 4 is 0 Å². The first-order valence-electron chi connectivity index (χ1n) is 5.86. The van der Waals surface area contributed by atoms with Crippen molar-refractivity contribution in [2.24, 2.45) is 7.05 Å². The molecule has 1 aromatic carbocycles. The molecule has 0 aliphatic heterocycles. The van der Waals surface area contributed by atoms with Crippen LogP contribution in [0, 0.1) is 11.3 Å². The molecule has 0 bridgehead atoms. The molecular formula is C15H14N2O. The first-order valence-corrected chi connectivity index (χ1v) is 5.86. The van der Waals surface area contributed by atoms with E-state index in [2.05, 4.69) is 6.92 Å². The van der Waals surface area contributed by atoms with Crippen molar-refractivity contribution < 1.29 is 0 Å². The Hall–Kier alpha value is -2.34. The summed E-state index contributed by atoms with van der Waals surface area (Å²) in [7, 11) is 1.65.